The molecule has 142 valence electrons. The second-order valence-electron chi connectivity index (χ2n) is 6.31. The molecule has 2 N–H and O–H groups in total. The number of anilines is 1. The zero-order chi connectivity index (χ0) is 16.1. The van der Waals surface area contributed by atoms with Gasteiger partial charge in [0.15, 0.2) is 0 Å². The first-order valence-electron chi connectivity index (χ1n) is 8.29. The molecule has 0 aromatic heterocycles. The first-order chi connectivity index (χ1) is 11.2. The van der Waals surface area contributed by atoms with Crippen molar-refractivity contribution in [2.75, 3.05) is 44.3 Å². The first kappa shape index (κ1) is 22.5. The summed E-state index contributed by atoms with van der Waals surface area (Å²) in [5.74, 6) is 0.641. The van der Waals surface area contributed by atoms with Gasteiger partial charge >= 0.3 is 0 Å². The molecule has 2 atom stereocenters. The Labute approximate surface area is 170 Å². The number of nitrogens with zero attached hydrogens (tertiary/aromatic N) is 1. The molecule has 0 radical (unpaired) electrons. The van der Waals surface area contributed by atoms with Crippen LogP contribution in [0.2, 0.25) is 0 Å². The SMILES string of the molecule is Cl.Cl.O=C(CC1COCCN1)NCC1CCN(c2cccc(Br)c2)C1. The van der Waals surface area contributed by atoms with Crippen LogP contribution >= 0.6 is 40.7 Å². The van der Waals surface area contributed by atoms with E-state index in [1.54, 1.807) is 0 Å². The van der Waals surface area contributed by atoms with Gasteiger partial charge in [-0.25, -0.2) is 0 Å². The van der Waals surface area contributed by atoms with E-state index in [1.807, 2.05) is 6.07 Å². The van der Waals surface area contributed by atoms with E-state index < -0.39 is 0 Å². The average molecular weight is 455 g/mol. The van der Waals surface area contributed by atoms with Crippen LogP contribution in [0, 0.1) is 5.92 Å². The molecular formula is C17H26BrCl2N3O2. The molecule has 0 aliphatic carbocycles. The predicted molar refractivity (Wildman–Crippen MR) is 109 cm³/mol. The number of ether oxygens (including phenoxy) is 1. The van der Waals surface area contributed by atoms with Crippen LogP contribution in [0.1, 0.15) is 12.8 Å². The Balaban J connectivity index is 0.00000156. The first-order valence-corrected chi connectivity index (χ1v) is 9.08. The number of carbonyl (C=O) groups is 1. The highest BCUT2D eigenvalue weighted by atomic mass is 79.9. The number of hydrogen-bond donors (Lipinski definition) is 2. The van der Waals surface area contributed by atoms with Crippen molar-refractivity contribution < 1.29 is 9.53 Å². The monoisotopic (exact) mass is 453 g/mol. The summed E-state index contributed by atoms with van der Waals surface area (Å²) in [4.78, 5) is 14.4. The Morgan fingerprint density at radius 3 is 2.96 bits per heavy atom. The van der Waals surface area contributed by atoms with Crippen LogP contribution in [0.4, 0.5) is 5.69 Å². The summed E-state index contributed by atoms with van der Waals surface area (Å²) in [6.45, 7) is 5.02. The van der Waals surface area contributed by atoms with Gasteiger partial charge in [-0.15, -0.1) is 24.8 Å². The molecule has 2 aliphatic heterocycles. The van der Waals surface area contributed by atoms with Gasteiger partial charge in [-0.2, -0.15) is 0 Å². The molecule has 5 nitrogen and oxygen atoms in total. The van der Waals surface area contributed by atoms with E-state index in [4.69, 9.17) is 4.74 Å². The molecule has 25 heavy (non-hydrogen) atoms. The number of amides is 1. The number of rotatable bonds is 5. The van der Waals surface area contributed by atoms with Crippen LogP contribution in [0.15, 0.2) is 28.7 Å². The molecule has 1 aromatic rings. The molecule has 3 rings (SSSR count). The highest BCUT2D eigenvalue weighted by Crippen LogP contribution is 2.25. The zero-order valence-corrected chi connectivity index (χ0v) is 17.3. The fourth-order valence-electron chi connectivity index (χ4n) is 3.21. The molecule has 1 amide bonds. The van der Waals surface area contributed by atoms with Crippen LogP contribution in [-0.2, 0) is 9.53 Å². The van der Waals surface area contributed by atoms with Gasteiger partial charge in [0.2, 0.25) is 5.91 Å². The van der Waals surface area contributed by atoms with Crippen molar-refractivity contribution in [1.29, 1.82) is 0 Å². The fraction of sp³-hybridized carbons (Fsp3) is 0.588. The van der Waals surface area contributed by atoms with Crippen molar-refractivity contribution in [2.24, 2.45) is 5.92 Å². The molecule has 2 fully saturated rings. The van der Waals surface area contributed by atoms with E-state index in [-0.39, 0.29) is 36.8 Å². The summed E-state index contributed by atoms with van der Waals surface area (Å²) in [6, 6.07) is 8.55. The van der Waals surface area contributed by atoms with Gasteiger partial charge < -0.3 is 20.3 Å². The summed E-state index contributed by atoms with van der Waals surface area (Å²) < 4.78 is 6.49. The van der Waals surface area contributed by atoms with Gasteiger partial charge in [0.1, 0.15) is 0 Å². The van der Waals surface area contributed by atoms with Crippen LogP contribution in [-0.4, -0.2) is 51.3 Å². The predicted octanol–water partition coefficient (Wildman–Crippen LogP) is 2.61. The van der Waals surface area contributed by atoms with Gasteiger partial charge in [0.25, 0.3) is 0 Å². The third-order valence-corrected chi connectivity index (χ3v) is 4.97. The lowest BCUT2D eigenvalue weighted by molar-refractivity contribution is -0.122. The van der Waals surface area contributed by atoms with E-state index in [9.17, 15) is 4.79 Å². The average Bonchev–Trinajstić information content (AvgIpc) is 3.03. The number of hydrogen-bond acceptors (Lipinski definition) is 4. The van der Waals surface area contributed by atoms with E-state index in [0.717, 1.165) is 43.7 Å². The van der Waals surface area contributed by atoms with E-state index in [1.165, 1.54) is 5.69 Å². The Hall–Kier alpha value is -0.530. The maximum absolute atomic E-state index is 12.0. The van der Waals surface area contributed by atoms with Crippen molar-refractivity contribution in [3.63, 3.8) is 0 Å². The summed E-state index contributed by atoms with van der Waals surface area (Å²) in [6.07, 6.45) is 1.62. The van der Waals surface area contributed by atoms with E-state index >= 15 is 0 Å². The summed E-state index contributed by atoms with van der Waals surface area (Å²) in [7, 11) is 0. The number of nitrogens with one attached hydrogen (secondary N) is 2. The third kappa shape index (κ3) is 6.94. The van der Waals surface area contributed by atoms with Crippen LogP contribution in [0.3, 0.4) is 0 Å². The molecule has 0 saturated carbocycles. The summed E-state index contributed by atoms with van der Waals surface area (Å²) in [5.41, 5.74) is 1.25. The van der Waals surface area contributed by atoms with Gasteiger partial charge in [-0.3, -0.25) is 4.79 Å². The summed E-state index contributed by atoms with van der Waals surface area (Å²) >= 11 is 3.52. The number of benzene rings is 1. The molecule has 0 spiro atoms. The minimum absolute atomic E-state index is 0. The molecule has 0 bridgehead atoms. The molecule has 1 aromatic carbocycles. The van der Waals surface area contributed by atoms with Gasteiger partial charge in [0.05, 0.1) is 13.2 Å². The van der Waals surface area contributed by atoms with Crippen molar-refractivity contribution in [3.05, 3.63) is 28.7 Å². The second kappa shape index (κ2) is 11.2. The van der Waals surface area contributed by atoms with Gasteiger partial charge in [-0.05, 0) is 30.5 Å². The van der Waals surface area contributed by atoms with Crippen LogP contribution < -0.4 is 15.5 Å². The fourth-order valence-corrected chi connectivity index (χ4v) is 3.60. The number of carbonyl (C=O) groups excluding carboxylic acids is 1. The molecule has 2 heterocycles. The Bertz CT molecular complexity index is 544. The molecule has 2 saturated heterocycles. The van der Waals surface area contributed by atoms with Crippen LogP contribution in [0.5, 0.6) is 0 Å². The minimum atomic E-state index is 0. The number of halogens is 3. The van der Waals surface area contributed by atoms with Gasteiger partial charge in [-0.1, -0.05) is 22.0 Å². The van der Waals surface area contributed by atoms with Crippen molar-refractivity contribution in [3.8, 4) is 0 Å². The molecule has 2 aliphatic rings. The number of morpholine rings is 1. The zero-order valence-electron chi connectivity index (χ0n) is 14.1. The summed E-state index contributed by atoms with van der Waals surface area (Å²) in [5, 5.41) is 6.40. The Morgan fingerprint density at radius 1 is 1.40 bits per heavy atom. The third-order valence-electron chi connectivity index (χ3n) is 4.48. The molecule has 2 unspecified atom stereocenters. The molecular weight excluding hydrogens is 429 g/mol. The maximum Gasteiger partial charge on any atom is 0.221 e. The molecule has 8 heteroatoms. The largest absolute Gasteiger partial charge is 0.378 e. The lowest BCUT2D eigenvalue weighted by Gasteiger charge is -2.23. The van der Waals surface area contributed by atoms with Crippen LogP contribution in [0.25, 0.3) is 0 Å². The van der Waals surface area contributed by atoms with E-state index in [2.05, 4.69) is 49.7 Å². The highest BCUT2D eigenvalue weighted by Gasteiger charge is 2.24. The Morgan fingerprint density at radius 2 is 2.24 bits per heavy atom. The second-order valence-corrected chi connectivity index (χ2v) is 7.23. The maximum atomic E-state index is 12.0. The quantitative estimate of drug-likeness (QED) is 0.717. The smallest absolute Gasteiger partial charge is 0.221 e. The lowest BCUT2D eigenvalue weighted by atomic mass is 10.1. The topological polar surface area (TPSA) is 53.6 Å². The normalized spacial score (nSPS) is 22.7. The Kier molecular flexibility index (Phi) is 10.1. The van der Waals surface area contributed by atoms with Crippen molar-refractivity contribution in [1.82, 2.24) is 10.6 Å². The highest BCUT2D eigenvalue weighted by molar-refractivity contribution is 9.10. The standard InChI is InChI=1S/C17H24BrN3O2.2ClH/c18-14-2-1-3-16(8-14)21-6-4-13(11-21)10-20-17(22)9-15-12-23-7-5-19-15;;/h1-3,8,13,15,19H,4-7,9-12H2,(H,20,22);2*1H. The van der Waals surface area contributed by atoms with Gasteiger partial charge in [0, 0.05) is 48.8 Å². The lowest BCUT2D eigenvalue weighted by Crippen LogP contribution is -2.44. The van der Waals surface area contributed by atoms with E-state index in [0.29, 0.717) is 18.9 Å². The minimum Gasteiger partial charge on any atom is -0.378 e. The van der Waals surface area contributed by atoms with Crippen molar-refractivity contribution in [2.45, 2.75) is 18.9 Å². The van der Waals surface area contributed by atoms with Crippen molar-refractivity contribution >= 4 is 52.3 Å².